The monoisotopic (exact) mass is 310 g/mol. The highest BCUT2D eigenvalue weighted by molar-refractivity contribution is 7.22. The number of aromatic nitrogens is 2. The van der Waals surface area contributed by atoms with E-state index in [0.29, 0.717) is 12.0 Å². The number of benzene rings is 1. The van der Waals surface area contributed by atoms with Crippen molar-refractivity contribution in [2.24, 2.45) is 5.92 Å². The lowest BCUT2D eigenvalue weighted by Crippen LogP contribution is -2.36. The smallest absolute Gasteiger partial charge is 0.184 e. The average Bonchev–Trinajstić information content (AvgIpc) is 2.89. The van der Waals surface area contributed by atoms with Gasteiger partial charge < -0.3 is 11.1 Å². The summed E-state index contributed by atoms with van der Waals surface area (Å²) in [5.74, 6) is 0.670. The minimum Gasteiger partial charge on any atom is -0.397 e. The predicted octanol–water partition coefficient (Wildman–Crippen LogP) is 3.71. The van der Waals surface area contributed by atoms with Gasteiger partial charge in [-0.1, -0.05) is 23.5 Å². The first-order valence-corrected chi connectivity index (χ1v) is 8.41. The van der Waals surface area contributed by atoms with Gasteiger partial charge in [0.05, 0.1) is 21.6 Å². The molecule has 0 radical (unpaired) electrons. The summed E-state index contributed by atoms with van der Waals surface area (Å²) in [5, 5.41) is 4.58. The Kier molecular flexibility index (Phi) is 3.42. The van der Waals surface area contributed by atoms with Crippen LogP contribution < -0.4 is 11.1 Å². The largest absolute Gasteiger partial charge is 0.397 e. The number of nitrogens with zero attached hydrogens (tertiary/aromatic N) is 2. The van der Waals surface area contributed by atoms with E-state index >= 15 is 0 Å². The number of nitrogens with one attached hydrogen (secondary N) is 1. The van der Waals surface area contributed by atoms with Crippen molar-refractivity contribution in [2.45, 2.75) is 25.3 Å². The number of pyridine rings is 1. The fourth-order valence-corrected chi connectivity index (χ4v) is 3.97. The Bertz CT molecular complexity index is 759. The number of anilines is 2. The number of nitrogen functional groups attached to an aromatic ring is 1. The maximum Gasteiger partial charge on any atom is 0.184 e. The van der Waals surface area contributed by atoms with E-state index in [1.165, 1.54) is 4.70 Å². The molecule has 1 saturated carbocycles. The summed E-state index contributed by atoms with van der Waals surface area (Å²) in [7, 11) is 0. The van der Waals surface area contributed by atoms with E-state index in [0.717, 1.165) is 41.3 Å². The Morgan fingerprint density at radius 3 is 2.86 bits per heavy atom. The molecule has 0 unspecified atom stereocenters. The second-order valence-corrected chi connectivity index (χ2v) is 6.94. The number of fused-ring (bicyclic) bond motifs is 1. The number of nitrogens with two attached hydrogens (primary N) is 1. The van der Waals surface area contributed by atoms with Crippen LogP contribution in [-0.4, -0.2) is 16.0 Å². The zero-order chi connectivity index (χ0) is 14.9. The summed E-state index contributed by atoms with van der Waals surface area (Å²) >= 11 is 1.73. The van der Waals surface area contributed by atoms with Gasteiger partial charge in [0, 0.05) is 12.2 Å². The number of para-hydroxylation sites is 1. The molecule has 4 nitrogen and oxygen atoms in total. The molecule has 5 heteroatoms. The van der Waals surface area contributed by atoms with E-state index < -0.39 is 0 Å². The van der Waals surface area contributed by atoms with E-state index in [2.05, 4.69) is 33.5 Å². The van der Waals surface area contributed by atoms with Crippen molar-refractivity contribution in [1.82, 2.24) is 9.97 Å². The third-order valence-electron chi connectivity index (χ3n) is 4.26. The molecule has 2 heterocycles. The van der Waals surface area contributed by atoms with Crippen LogP contribution in [0.1, 0.15) is 18.5 Å². The van der Waals surface area contributed by atoms with Crippen molar-refractivity contribution < 1.29 is 0 Å². The maximum atomic E-state index is 5.96. The van der Waals surface area contributed by atoms with Gasteiger partial charge in [-0.15, -0.1) is 0 Å². The minimum atomic E-state index is 0.524. The molecular formula is C17H18N4S. The van der Waals surface area contributed by atoms with Crippen molar-refractivity contribution in [3.63, 3.8) is 0 Å². The molecule has 0 aliphatic heterocycles. The molecule has 1 aromatic carbocycles. The highest BCUT2D eigenvalue weighted by Crippen LogP contribution is 2.35. The van der Waals surface area contributed by atoms with E-state index in [1.54, 1.807) is 11.3 Å². The topological polar surface area (TPSA) is 63.8 Å². The molecular weight excluding hydrogens is 292 g/mol. The Morgan fingerprint density at radius 1 is 1.18 bits per heavy atom. The summed E-state index contributed by atoms with van der Waals surface area (Å²) in [6.45, 7) is 0. The molecule has 4 rings (SSSR count). The van der Waals surface area contributed by atoms with Crippen LogP contribution in [-0.2, 0) is 6.42 Å². The van der Waals surface area contributed by atoms with Gasteiger partial charge >= 0.3 is 0 Å². The Labute approximate surface area is 133 Å². The number of hydrogen-bond acceptors (Lipinski definition) is 5. The van der Waals surface area contributed by atoms with Gasteiger partial charge in [-0.25, -0.2) is 4.98 Å². The average molecular weight is 310 g/mol. The van der Waals surface area contributed by atoms with Crippen LogP contribution in [0.15, 0.2) is 42.6 Å². The van der Waals surface area contributed by atoms with Crippen molar-refractivity contribution in [1.29, 1.82) is 0 Å². The molecule has 2 aromatic heterocycles. The zero-order valence-electron chi connectivity index (χ0n) is 12.2. The van der Waals surface area contributed by atoms with Crippen LogP contribution in [0.25, 0.3) is 10.2 Å². The fraction of sp³-hybridized carbons (Fsp3) is 0.294. The third-order valence-corrected chi connectivity index (χ3v) is 5.23. The first-order chi connectivity index (χ1) is 10.8. The standard InChI is InChI=1S/C17H18N4S/c18-13-4-3-7-19-15(13)10-11-8-12(9-11)20-17-21-14-5-1-2-6-16(14)22-17/h1-7,11-12H,8-10,18H2,(H,20,21). The maximum absolute atomic E-state index is 5.96. The summed E-state index contributed by atoms with van der Waals surface area (Å²) in [4.78, 5) is 9.01. The molecule has 1 aliphatic rings. The third kappa shape index (κ3) is 2.64. The fourth-order valence-electron chi connectivity index (χ4n) is 3.02. The van der Waals surface area contributed by atoms with Crippen LogP contribution in [0.3, 0.4) is 0 Å². The van der Waals surface area contributed by atoms with Crippen molar-refractivity contribution in [3.05, 3.63) is 48.3 Å². The van der Waals surface area contributed by atoms with E-state index in [4.69, 9.17) is 5.73 Å². The highest BCUT2D eigenvalue weighted by Gasteiger charge is 2.30. The van der Waals surface area contributed by atoms with Gasteiger partial charge in [-0.05, 0) is 49.4 Å². The quantitative estimate of drug-likeness (QED) is 0.771. The summed E-state index contributed by atoms with van der Waals surface area (Å²) in [6.07, 6.45) is 5.11. The van der Waals surface area contributed by atoms with E-state index in [9.17, 15) is 0 Å². The van der Waals surface area contributed by atoms with Crippen LogP contribution in [0, 0.1) is 5.92 Å². The van der Waals surface area contributed by atoms with Crippen molar-refractivity contribution >= 4 is 32.4 Å². The lowest BCUT2D eigenvalue weighted by molar-refractivity contribution is 0.280. The van der Waals surface area contributed by atoms with Gasteiger partial charge in [0.15, 0.2) is 5.13 Å². The van der Waals surface area contributed by atoms with Gasteiger partial charge in [0.25, 0.3) is 0 Å². The van der Waals surface area contributed by atoms with Gasteiger partial charge in [0.1, 0.15) is 0 Å². The summed E-state index contributed by atoms with van der Waals surface area (Å²) in [5.41, 5.74) is 8.88. The van der Waals surface area contributed by atoms with Crippen molar-refractivity contribution in [2.75, 3.05) is 11.1 Å². The number of hydrogen-bond donors (Lipinski definition) is 2. The molecule has 0 atom stereocenters. The Balaban J connectivity index is 1.35. The molecule has 112 valence electrons. The van der Waals surface area contributed by atoms with Crippen LogP contribution in [0.5, 0.6) is 0 Å². The molecule has 1 aliphatic carbocycles. The number of rotatable bonds is 4. The summed E-state index contributed by atoms with van der Waals surface area (Å²) in [6, 6.07) is 12.6. The molecule has 1 fully saturated rings. The first-order valence-electron chi connectivity index (χ1n) is 7.59. The first kappa shape index (κ1) is 13.5. The molecule has 3 N–H and O–H groups in total. The van der Waals surface area contributed by atoms with Gasteiger partial charge in [-0.3, -0.25) is 4.98 Å². The van der Waals surface area contributed by atoms with Gasteiger partial charge in [0.2, 0.25) is 0 Å². The normalized spacial score (nSPS) is 20.7. The second kappa shape index (κ2) is 5.57. The number of thiazole rings is 1. The lowest BCUT2D eigenvalue weighted by atomic mass is 9.77. The molecule has 0 spiro atoms. The Hall–Kier alpha value is -2.14. The minimum absolute atomic E-state index is 0.524. The summed E-state index contributed by atoms with van der Waals surface area (Å²) < 4.78 is 1.24. The zero-order valence-corrected chi connectivity index (χ0v) is 13.0. The highest BCUT2D eigenvalue weighted by atomic mass is 32.1. The molecule has 0 amide bonds. The molecule has 0 saturated heterocycles. The van der Waals surface area contributed by atoms with Crippen molar-refractivity contribution in [3.8, 4) is 0 Å². The van der Waals surface area contributed by atoms with Crippen LogP contribution >= 0.6 is 11.3 Å². The lowest BCUT2D eigenvalue weighted by Gasteiger charge is -2.35. The molecule has 0 bridgehead atoms. The molecule has 22 heavy (non-hydrogen) atoms. The van der Waals surface area contributed by atoms with E-state index in [-0.39, 0.29) is 0 Å². The van der Waals surface area contributed by atoms with Crippen LogP contribution in [0.2, 0.25) is 0 Å². The predicted molar refractivity (Wildman–Crippen MR) is 92.1 cm³/mol. The van der Waals surface area contributed by atoms with Crippen LogP contribution in [0.4, 0.5) is 10.8 Å². The Morgan fingerprint density at radius 2 is 2.05 bits per heavy atom. The second-order valence-electron chi connectivity index (χ2n) is 5.91. The van der Waals surface area contributed by atoms with E-state index in [1.807, 2.05) is 24.4 Å². The SMILES string of the molecule is Nc1cccnc1CC1CC(Nc2nc3ccccc3s2)C1. The van der Waals surface area contributed by atoms with Gasteiger partial charge in [-0.2, -0.15) is 0 Å². The molecule has 3 aromatic rings.